The van der Waals surface area contributed by atoms with Gasteiger partial charge < -0.3 is 16.8 Å². The van der Waals surface area contributed by atoms with Crippen LogP contribution in [0, 0.1) is 22.8 Å². The van der Waals surface area contributed by atoms with E-state index in [-0.39, 0.29) is 23.0 Å². The maximum Gasteiger partial charge on any atom is 0.211 e. The third-order valence-corrected chi connectivity index (χ3v) is 4.69. The fraction of sp³-hybridized carbons (Fsp3) is 0.0476. The average molecular weight is 380 g/mol. The Morgan fingerprint density at radius 3 is 2.31 bits per heavy atom. The van der Waals surface area contributed by atoms with Gasteiger partial charge in [0.15, 0.2) is 6.19 Å². The maximum absolute atomic E-state index is 9.39. The van der Waals surface area contributed by atoms with E-state index in [1.165, 1.54) is 0 Å². The summed E-state index contributed by atoms with van der Waals surface area (Å²) in [4.78, 5) is 8.81. The normalized spacial score (nSPS) is 14.6. The molecular weight excluding hydrogens is 364 g/mol. The molecule has 0 radical (unpaired) electrons. The Morgan fingerprint density at radius 1 is 0.966 bits per heavy atom. The van der Waals surface area contributed by atoms with Crippen LogP contribution in [0.1, 0.15) is 22.7 Å². The molecule has 0 bridgehead atoms. The number of nitriles is 2. The van der Waals surface area contributed by atoms with Crippen molar-refractivity contribution in [3.05, 3.63) is 71.3 Å². The monoisotopic (exact) mass is 380 g/mol. The van der Waals surface area contributed by atoms with Gasteiger partial charge in [-0.05, 0) is 16.7 Å². The minimum atomic E-state index is -0.549. The average Bonchev–Trinajstić information content (AvgIpc) is 2.74. The predicted octanol–water partition coefficient (Wildman–Crippen LogP) is 2.73. The summed E-state index contributed by atoms with van der Waals surface area (Å²) in [6.45, 7) is 0. The summed E-state index contributed by atoms with van der Waals surface area (Å²) in [6.07, 6.45) is 1.84. The summed E-state index contributed by atoms with van der Waals surface area (Å²) >= 11 is 0. The minimum absolute atomic E-state index is 0.0210. The Morgan fingerprint density at radius 2 is 1.66 bits per heavy atom. The fourth-order valence-electron chi connectivity index (χ4n) is 3.31. The lowest BCUT2D eigenvalue weighted by molar-refractivity contribution is 0.847. The number of aliphatic imine (C=N–C) groups is 1. The number of benzene rings is 2. The molecule has 140 valence electrons. The second-order valence-electron chi connectivity index (χ2n) is 6.39. The Kier molecular flexibility index (Phi) is 4.44. The number of hydrogen-bond acceptors (Lipinski definition) is 8. The standard InChI is InChI=1S/C21H16N8/c22-10-15-17(24)16-18(27-21(26-11-23)29-20(16)28-19(15)25)14-8-6-13(7-9-14)12-4-2-1-3-5-12/h1-9,18H,(H6,24,25,26,27,28,29). The highest BCUT2D eigenvalue weighted by molar-refractivity contribution is 5.98. The van der Waals surface area contributed by atoms with Gasteiger partial charge in [-0.1, -0.05) is 54.6 Å². The van der Waals surface area contributed by atoms with E-state index in [1.54, 1.807) is 0 Å². The fourth-order valence-corrected chi connectivity index (χ4v) is 3.31. The number of anilines is 3. The van der Waals surface area contributed by atoms with Gasteiger partial charge in [-0.2, -0.15) is 10.5 Å². The second kappa shape index (κ2) is 7.22. The van der Waals surface area contributed by atoms with E-state index < -0.39 is 6.04 Å². The number of hydrogen-bond donors (Lipinski definition) is 4. The van der Waals surface area contributed by atoms with Crippen LogP contribution in [-0.2, 0) is 0 Å². The first-order valence-corrected chi connectivity index (χ1v) is 8.76. The van der Waals surface area contributed by atoms with E-state index in [0.29, 0.717) is 11.4 Å². The van der Waals surface area contributed by atoms with Gasteiger partial charge in [0.2, 0.25) is 5.96 Å². The highest BCUT2D eigenvalue weighted by Gasteiger charge is 2.29. The van der Waals surface area contributed by atoms with Crippen LogP contribution < -0.4 is 22.1 Å². The number of guanidine groups is 1. The first kappa shape index (κ1) is 17.8. The lowest BCUT2D eigenvalue weighted by Crippen LogP contribution is -2.32. The van der Waals surface area contributed by atoms with Crippen LogP contribution in [0.4, 0.5) is 17.3 Å². The number of fused-ring (bicyclic) bond motifs is 1. The predicted molar refractivity (Wildman–Crippen MR) is 111 cm³/mol. The largest absolute Gasteiger partial charge is 0.397 e. The number of nitrogens with one attached hydrogen (secondary N) is 2. The summed E-state index contributed by atoms with van der Waals surface area (Å²) in [5.41, 5.74) is 16.0. The van der Waals surface area contributed by atoms with E-state index in [4.69, 9.17) is 16.7 Å². The van der Waals surface area contributed by atoms with Crippen LogP contribution in [0.25, 0.3) is 11.1 Å². The van der Waals surface area contributed by atoms with Crippen molar-refractivity contribution in [3.63, 3.8) is 0 Å². The van der Waals surface area contributed by atoms with Crippen LogP contribution in [0.5, 0.6) is 0 Å². The molecule has 1 unspecified atom stereocenters. The molecule has 2 heterocycles. The molecule has 8 nitrogen and oxygen atoms in total. The van der Waals surface area contributed by atoms with E-state index in [2.05, 4.69) is 20.6 Å². The van der Waals surface area contributed by atoms with Crippen LogP contribution in [0.2, 0.25) is 0 Å². The number of rotatable bonds is 2. The summed E-state index contributed by atoms with van der Waals surface area (Å²) < 4.78 is 0. The molecule has 0 amide bonds. The number of nitrogens with two attached hydrogens (primary N) is 2. The lowest BCUT2D eigenvalue weighted by atomic mass is 9.93. The van der Waals surface area contributed by atoms with E-state index in [0.717, 1.165) is 16.7 Å². The summed E-state index contributed by atoms with van der Waals surface area (Å²) in [6, 6.07) is 19.3. The summed E-state index contributed by atoms with van der Waals surface area (Å²) in [5, 5.41) is 23.8. The number of nitrogens with zero attached hydrogens (tertiary/aromatic N) is 4. The molecule has 0 fully saturated rings. The Balaban J connectivity index is 1.83. The van der Waals surface area contributed by atoms with Crippen molar-refractivity contribution in [2.75, 3.05) is 16.8 Å². The van der Waals surface area contributed by atoms with Crippen LogP contribution in [0.15, 0.2) is 59.6 Å². The van der Waals surface area contributed by atoms with Gasteiger partial charge >= 0.3 is 0 Å². The molecule has 1 aliphatic rings. The summed E-state index contributed by atoms with van der Waals surface area (Å²) in [7, 11) is 0. The van der Waals surface area contributed by atoms with Gasteiger partial charge in [-0.3, -0.25) is 5.32 Å². The molecule has 1 aromatic heterocycles. The van der Waals surface area contributed by atoms with Crippen molar-refractivity contribution in [2.24, 2.45) is 4.99 Å². The lowest BCUT2D eigenvalue weighted by Gasteiger charge is -2.26. The third kappa shape index (κ3) is 3.15. The third-order valence-electron chi connectivity index (χ3n) is 4.69. The van der Waals surface area contributed by atoms with Crippen molar-refractivity contribution in [3.8, 4) is 23.4 Å². The quantitative estimate of drug-likeness (QED) is 0.394. The zero-order valence-electron chi connectivity index (χ0n) is 15.2. The van der Waals surface area contributed by atoms with E-state index in [1.807, 2.05) is 66.9 Å². The molecule has 1 atom stereocenters. The topological polar surface area (TPSA) is 149 Å². The van der Waals surface area contributed by atoms with Crippen LogP contribution in [-0.4, -0.2) is 10.9 Å². The molecule has 1 aliphatic heterocycles. The SMILES string of the molecule is N#CNC1=NC(c2ccc(-c3ccccc3)cc2)c2c(nc(N)c(C#N)c2N)N1. The maximum atomic E-state index is 9.39. The van der Waals surface area contributed by atoms with E-state index >= 15 is 0 Å². The van der Waals surface area contributed by atoms with Gasteiger partial charge in [-0.15, -0.1) is 0 Å². The molecule has 4 rings (SSSR count). The molecular formula is C21H16N8. The van der Waals surface area contributed by atoms with Gasteiger partial charge in [0, 0.05) is 5.56 Å². The Labute approximate surface area is 167 Å². The molecule has 6 N–H and O–H groups in total. The Hall–Kier alpha value is -4.56. The molecule has 0 aliphatic carbocycles. The smallest absolute Gasteiger partial charge is 0.211 e. The van der Waals surface area contributed by atoms with Crippen molar-refractivity contribution < 1.29 is 0 Å². The van der Waals surface area contributed by atoms with Crippen LogP contribution >= 0.6 is 0 Å². The second-order valence-corrected chi connectivity index (χ2v) is 6.39. The van der Waals surface area contributed by atoms with Crippen molar-refractivity contribution in [2.45, 2.75) is 6.04 Å². The number of aromatic nitrogens is 1. The first-order chi connectivity index (χ1) is 14.1. The Bertz CT molecular complexity index is 1180. The molecule has 0 saturated carbocycles. The van der Waals surface area contributed by atoms with Crippen molar-refractivity contribution in [1.82, 2.24) is 10.3 Å². The van der Waals surface area contributed by atoms with Gasteiger partial charge in [-0.25, -0.2) is 9.98 Å². The zero-order chi connectivity index (χ0) is 20.4. The van der Waals surface area contributed by atoms with Gasteiger partial charge in [0.1, 0.15) is 29.3 Å². The van der Waals surface area contributed by atoms with Gasteiger partial charge in [0.25, 0.3) is 0 Å². The molecule has 2 aromatic carbocycles. The zero-order valence-corrected chi connectivity index (χ0v) is 15.2. The molecule has 0 saturated heterocycles. The first-order valence-electron chi connectivity index (χ1n) is 8.76. The highest BCUT2D eigenvalue weighted by atomic mass is 15.2. The highest BCUT2D eigenvalue weighted by Crippen LogP contribution is 2.40. The van der Waals surface area contributed by atoms with Crippen LogP contribution in [0.3, 0.4) is 0 Å². The van der Waals surface area contributed by atoms with Crippen molar-refractivity contribution >= 4 is 23.3 Å². The molecule has 29 heavy (non-hydrogen) atoms. The molecule has 8 heteroatoms. The summed E-state index contributed by atoms with van der Waals surface area (Å²) in [5.74, 6) is 0.615. The molecule has 3 aromatic rings. The molecule has 0 spiro atoms. The minimum Gasteiger partial charge on any atom is -0.397 e. The van der Waals surface area contributed by atoms with Gasteiger partial charge in [0.05, 0.1) is 5.69 Å². The number of pyridine rings is 1. The number of nitrogen functional groups attached to an aromatic ring is 2. The van der Waals surface area contributed by atoms with Crippen molar-refractivity contribution in [1.29, 1.82) is 10.5 Å². The van der Waals surface area contributed by atoms with E-state index in [9.17, 15) is 5.26 Å².